The molecule has 2 aliphatic heterocycles. The molecule has 3 amide bonds. The van der Waals surface area contributed by atoms with Gasteiger partial charge in [0.15, 0.2) is 0 Å². The zero-order valence-electron chi connectivity index (χ0n) is 16.8. The smallest absolute Gasteiger partial charge is 0.252 e. The van der Waals surface area contributed by atoms with Crippen molar-refractivity contribution in [3.63, 3.8) is 0 Å². The zero-order chi connectivity index (χ0) is 20.5. The second kappa shape index (κ2) is 8.15. The lowest BCUT2D eigenvalue weighted by Gasteiger charge is -2.35. The minimum absolute atomic E-state index is 0.0424. The van der Waals surface area contributed by atoms with Gasteiger partial charge in [-0.25, -0.2) is 0 Å². The Balaban J connectivity index is 1.51. The van der Waals surface area contributed by atoms with Crippen LogP contribution in [0.2, 0.25) is 0 Å². The van der Waals surface area contributed by atoms with E-state index in [1.54, 1.807) is 17.0 Å². The first kappa shape index (κ1) is 20.7. The highest BCUT2D eigenvalue weighted by molar-refractivity contribution is 7.80. The molecule has 1 aromatic rings. The van der Waals surface area contributed by atoms with Gasteiger partial charge >= 0.3 is 0 Å². The summed E-state index contributed by atoms with van der Waals surface area (Å²) >= 11 is 4.34. The fourth-order valence-electron chi connectivity index (χ4n) is 3.95. The van der Waals surface area contributed by atoms with E-state index in [2.05, 4.69) is 17.9 Å². The topological polar surface area (TPSA) is 69.7 Å². The summed E-state index contributed by atoms with van der Waals surface area (Å²) in [5.41, 5.74) is 0.309. The molecule has 1 unspecified atom stereocenters. The van der Waals surface area contributed by atoms with Crippen LogP contribution in [0.15, 0.2) is 29.2 Å². The van der Waals surface area contributed by atoms with Crippen molar-refractivity contribution >= 4 is 30.4 Å². The maximum Gasteiger partial charge on any atom is 0.252 e. The van der Waals surface area contributed by atoms with E-state index < -0.39 is 0 Å². The molecule has 0 radical (unpaired) electrons. The monoisotopic (exact) mass is 403 g/mol. The number of nitrogens with one attached hydrogen (secondary N) is 1. The number of likely N-dealkylation sites (tertiary alicyclic amines) is 2. The van der Waals surface area contributed by atoms with Gasteiger partial charge in [-0.05, 0) is 45.7 Å². The lowest BCUT2D eigenvalue weighted by Crippen LogP contribution is -2.49. The summed E-state index contributed by atoms with van der Waals surface area (Å²) < 4.78 is 0. The molecule has 0 aliphatic carbocycles. The van der Waals surface area contributed by atoms with Crippen LogP contribution >= 0.6 is 12.6 Å². The van der Waals surface area contributed by atoms with Gasteiger partial charge in [-0.15, -0.1) is 12.6 Å². The van der Waals surface area contributed by atoms with Crippen LogP contribution in [-0.4, -0.2) is 58.7 Å². The molecule has 0 saturated carbocycles. The molecule has 28 heavy (non-hydrogen) atoms. The van der Waals surface area contributed by atoms with Gasteiger partial charge in [-0.3, -0.25) is 14.4 Å². The van der Waals surface area contributed by atoms with E-state index in [4.69, 9.17) is 0 Å². The van der Waals surface area contributed by atoms with Crippen LogP contribution in [0.5, 0.6) is 0 Å². The lowest BCUT2D eigenvalue weighted by molar-refractivity contribution is -0.136. The summed E-state index contributed by atoms with van der Waals surface area (Å²) in [6.07, 6.45) is 1.73. The van der Waals surface area contributed by atoms with Crippen molar-refractivity contribution in [2.45, 2.75) is 56.5 Å². The summed E-state index contributed by atoms with van der Waals surface area (Å²) in [5.74, 6) is -0.268. The molecule has 152 valence electrons. The van der Waals surface area contributed by atoms with Gasteiger partial charge < -0.3 is 15.1 Å². The molecular formula is C21H29N3O3S. The van der Waals surface area contributed by atoms with E-state index in [1.807, 2.05) is 37.8 Å². The predicted molar refractivity (Wildman–Crippen MR) is 110 cm³/mol. The summed E-state index contributed by atoms with van der Waals surface area (Å²) in [6, 6.07) is 7.26. The van der Waals surface area contributed by atoms with Gasteiger partial charge in [-0.1, -0.05) is 12.1 Å². The third kappa shape index (κ3) is 4.51. The Morgan fingerprint density at radius 2 is 1.79 bits per heavy atom. The van der Waals surface area contributed by atoms with Crippen LogP contribution in [0.3, 0.4) is 0 Å². The number of hydrogen-bond acceptors (Lipinski definition) is 4. The highest BCUT2D eigenvalue weighted by atomic mass is 32.1. The van der Waals surface area contributed by atoms with Crippen molar-refractivity contribution in [2.24, 2.45) is 5.92 Å². The Kier molecular flexibility index (Phi) is 6.03. The summed E-state index contributed by atoms with van der Waals surface area (Å²) in [5, 5.41) is 3.05. The number of amides is 3. The molecule has 2 fully saturated rings. The van der Waals surface area contributed by atoms with Crippen LogP contribution in [0.1, 0.15) is 50.4 Å². The highest BCUT2D eigenvalue weighted by Gasteiger charge is 2.41. The molecule has 1 N–H and O–H groups in total. The van der Waals surface area contributed by atoms with E-state index in [0.717, 1.165) is 12.8 Å². The van der Waals surface area contributed by atoms with Gasteiger partial charge in [0, 0.05) is 42.5 Å². The molecule has 7 heteroatoms. The average Bonchev–Trinajstić information content (AvgIpc) is 3.04. The number of carbonyl (C=O) groups excluding carboxylic acids is 3. The molecule has 0 spiro atoms. The van der Waals surface area contributed by atoms with Crippen LogP contribution in [0.4, 0.5) is 0 Å². The van der Waals surface area contributed by atoms with Gasteiger partial charge in [0.2, 0.25) is 11.8 Å². The minimum atomic E-state index is -0.257. The van der Waals surface area contributed by atoms with E-state index in [1.165, 1.54) is 0 Å². The van der Waals surface area contributed by atoms with Crippen molar-refractivity contribution in [1.29, 1.82) is 0 Å². The molecule has 0 aromatic heterocycles. The first-order valence-corrected chi connectivity index (χ1v) is 10.3. The molecule has 3 rings (SSSR count). The molecule has 2 heterocycles. The molecule has 1 aromatic carbocycles. The standard InChI is InChI=1S/C21H29N3O3S/c1-21(2,3)24-13-14(12-18(24)25)20(27)23-10-8-15(9-11-23)22-19(26)16-6-4-5-7-17(16)28/h4-7,14-15,28H,8-13H2,1-3H3,(H,22,26). The van der Waals surface area contributed by atoms with Crippen molar-refractivity contribution in [1.82, 2.24) is 15.1 Å². The van der Waals surface area contributed by atoms with Crippen LogP contribution in [0.25, 0.3) is 0 Å². The van der Waals surface area contributed by atoms with Gasteiger partial charge in [0.1, 0.15) is 0 Å². The Bertz CT molecular complexity index is 766. The lowest BCUT2D eigenvalue weighted by atomic mass is 10.0. The number of hydrogen-bond donors (Lipinski definition) is 2. The van der Waals surface area contributed by atoms with E-state index in [-0.39, 0.29) is 35.2 Å². The number of benzene rings is 1. The van der Waals surface area contributed by atoms with Gasteiger partial charge in [-0.2, -0.15) is 0 Å². The van der Waals surface area contributed by atoms with E-state index in [0.29, 0.717) is 36.5 Å². The second-order valence-corrected chi connectivity index (χ2v) is 9.15. The Labute approximate surface area is 172 Å². The maximum absolute atomic E-state index is 12.9. The normalized spacial score (nSPS) is 21.1. The first-order chi connectivity index (χ1) is 13.2. The minimum Gasteiger partial charge on any atom is -0.349 e. The Morgan fingerprint density at radius 1 is 1.14 bits per heavy atom. The number of rotatable bonds is 3. The van der Waals surface area contributed by atoms with Gasteiger partial charge in [0.05, 0.1) is 11.5 Å². The zero-order valence-corrected chi connectivity index (χ0v) is 17.7. The molecule has 1 atom stereocenters. The van der Waals surface area contributed by atoms with Crippen LogP contribution in [0, 0.1) is 5.92 Å². The van der Waals surface area contributed by atoms with Crippen LogP contribution in [-0.2, 0) is 9.59 Å². The number of piperidine rings is 1. The summed E-state index contributed by atoms with van der Waals surface area (Å²) in [7, 11) is 0. The average molecular weight is 404 g/mol. The molecule has 2 saturated heterocycles. The van der Waals surface area contributed by atoms with Crippen molar-refractivity contribution in [2.75, 3.05) is 19.6 Å². The van der Waals surface area contributed by atoms with E-state index in [9.17, 15) is 14.4 Å². The third-order valence-corrected chi connectivity index (χ3v) is 5.96. The maximum atomic E-state index is 12.9. The van der Waals surface area contributed by atoms with Crippen molar-refractivity contribution in [3.05, 3.63) is 29.8 Å². The third-order valence-electron chi connectivity index (χ3n) is 5.57. The molecule has 6 nitrogen and oxygen atoms in total. The quantitative estimate of drug-likeness (QED) is 0.761. The van der Waals surface area contributed by atoms with E-state index >= 15 is 0 Å². The fraction of sp³-hybridized carbons (Fsp3) is 0.571. The Hall–Kier alpha value is -2.02. The van der Waals surface area contributed by atoms with Crippen molar-refractivity contribution < 1.29 is 14.4 Å². The second-order valence-electron chi connectivity index (χ2n) is 8.67. The molecule has 2 aliphatic rings. The highest BCUT2D eigenvalue weighted by Crippen LogP contribution is 2.28. The predicted octanol–water partition coefficient (Wildman–Crippen LogP) is 2.34. The van der Waals surface area contributed by atoms with Crippen molar-refractivity contribution in [3.8, 4) is 0 Å². The summed E-state index contributed by atoms with van der Waals surface area (Å²) in [4.78, 5) is 41.9. The largest absolute Gasteiger partial charge is 0.349 e. The Morgan fingerprint density at radius 3 is 2.36 bits per heavy atom. The molecular weight excluding hydrogens is 374 g/mol. The van der Waals surface area contributed by atoms with Crippen LogP contribution < -0.4 is 5.32 Å². The fourth-order valence-corrected chi connectivity index (χ4v) is 4.21. The molecule has 0 bridgehead atoms. The number of nitrogens with zero attached hydrogens (tertiary/aromatic N) is 2. The first-order valence-electron chi connectivity index (χ1n) is 9.85. The summed E-state index contributed by atoms with van der Waals surface area (Å²) in [6.45, 7) is 7.69. The SMILES string of the molecule is CC(C)(C)N1CC(C(=O)N2CCC(NC(=O)c3ccccc3S)CC2)CC1=O. The number of thiol groups is 1. The number of carbonyl (C=O) groups is 3. The van der Waals surface area contributed by atoms with Gasteiger partial charge in [0.25, 0.3) is 5.91 Å².